The van der Waals surface area contributed by atoms with Crippen LogP contribution in [-0.2, 0) is 6.42 Å². The van der Waals surface area contributed by atoms with E-state index in [0.29, 0.717) is 30.0 Å². The number of ether oxygens (including phenoxy) is 1. The maximum atomic E-state index is 12.3. The Morgan fingerprint density at radius 2 is 1.86 bits per heavy atom. The Balaban J connectivity index is 2.47. The highest BCUT2D eigenvalue weighted by Crippen LogP contribution is 2.14. The van der Waals surface area contributed by atoms with E-state index in [9.17, 15) is 9.59 Å². The van der Waals surface area contributed by atoms with Crippen LogP contribution >= 0.6 is 11.6 Å². The van der Waals surface area contributed by atoms with E-state index in [-0.39, 0.29) is 5.15 Å². The molecule has 5 nitrogen and oxygen atoms in total. The number of halogens is 1. The second-order valence-electron chi connectivity index (χ2n) is 4.56. The lowest BCUT2D eigenvalue weighted by Gasteiger charge is -2.09. The van der Waals surface area contributed by atoms with Gasteiger partial charge in [-0.05, 0) is 37.1 Å². The first-order valence-electron chi connectivity index (χ1n) is 6.85. The van der Waals surface area contributed by atoms with Gasteiger partial charge in [0.2, 0.25) is 0 Å². The van der Waals surface area contributed by atoms with Crippen molar-refractivity contribution in [1.29, 1.82) is 0 Å². The maximum absolute atomic E-state index is 12.3. The van der Waals surface area contributed by atoms with Crippen molar-refractivity contribution in [2.75, 3.05) is 6.61 Å². The average molecular weight is 309 g/mol. The monoisotopic (exact) mass is 308 g/mol. The van der Waals surface area contributed by atoms with E-state index in [1.54, 1.807) is 24.3 Å². The quantitative estimate of drug-likeness (QED) is 0.863. The minimum Gasteiger partial charge on any atom is -0.494 e. The number of nitrogens with one attached hydrogen (secondary N) is 1. The Bertz CT molecular complexity index is 732. The van der Waals surface area contributed by atoms with Gasteiger partial charge < -0.3 is 4.74 Å². The van der Waals surface area contributed by atoms with Crippen molar-refractivity contribution < 1.29 is 4.74 Å². The predicted molar refractivity (Wildman–Crippen MR) is 82.8 cm³/mol. The molecule has 1 heterocycles. The molecule has 112 valence electrons. The van der Waals surface area contributed by atoms with Crippen LogP contribution in [0.2, 0.25) is 5.15 Å². The second-order valence-corrected chi connectivity index (χ2v) is 4.94. The van der Waals surface area contributed by atoms with E-state index in [1.807, 2.05) is 13.8 Å². The molecule has 0 amide bonds. The molecule has 2 rings (SSSR count). The number of benzene rings is 1. The molecule has 1 aromatic carbocycles. The zero-order chi connectivity index (χ0) is 15.4. The molecular weight excluding hydrogens is 292 g/mol. The minimum atomic E-state index is -0.551. The predicted octanol–water partition coefficient (Wildman–Crippen LogP) is 2.53. The highest BCUT2D eigenvalue weighted by molar-refractivity contribution is 6.30. The van der Waals surface area contributed by atoms with Crippen molar-refractivity contribution in [2.24, 2.45) is 0 Å². The third-order valence-corrected chi connectivity index (χ3v) is 3.39. The lowest BCUT2D eigenvalue weighted by molar-refractivity contribution is 0.317. The molecule has 0 unspecified atom stereocenters. The third-order valence-electron chi connectivity index (χ3n) is 3.07. The number of nitrogens with zero attached hydrogens (tertiary/aromatic N) is 1. The Labute approximate surface area is 127 Å². The van der Waals surface area contributed by atoms with E-state index in [1.165, 1.54) is 0 Å². The summed E-state index contributed by atoms with van der Waals surface area (Å²) in [5.74, 6) is 0.703. The first-order chi connectivity index (χ1) is 10.1. The smallest absolute Gasteiger partial charge is 0.334 e. The summed E-state index contributed by atoms with van der Waals surface area (Å²) in [4.78, 5) is 26.8. The van der Waals surface area contributed by atoms with Crippen molar-refractivity contribution in [2.45, 2.75) is 26.7 Å². The normalized spacial score (nSPS) is 10.6. The highest BCUT2D eigenvalue weighted by Gasteiger charge is 2.12. The topological polar surface area (TPSA) is 64.1 Å². The van der Waals surface area contributed by atoms with Gasteiger partial charge in [-0.3, -0.25) is 9.78 Å². The van der Waals surface area contributed by atoms with Crippen LogP contribution in [0.1, 0.15) is 25.8 Å². The number of rotatable bonds is 5. The van der Waals surface area contributed by atoms with E-state index in [0.717, 1.165) is 11.0 Å². The largest absolute Gasteiger partial charge is 0.494 e. The lowest BCUT2D eigenvalue weighted by atomic mass is 10.2. The molecule has 0 atom stereocenters. The van der Waals surface area contributed by atoms with Crippen molar-refractivity contribution >= 4 is 11.6 Å². The number of hydrogen-bond acceptors (Lipinski definition) is 3. The molecule has 21 heavy (non-hydrogen) atoms. The molecule has 0 fully saturated rings. The van der Waals surface area contributed by atoms with E-state index in [2.05, 4.69) is 4.98 Å². The molecule has 0 saturated carbocycles. The van der Waals surface area contributed by atoms with Gasteiger partial charge in [0, 0.05) is 0 Å². The lowest BCUT2D eigenvalue weighted by Crippen LogP contribution is -2.35. The average Bonchev–Trinajstić information content (AvgIpc) is 2.46. The van der Waals surface area contributed by atoms with Crippen LogP contribution < -0.4 is 16.0 Å². The maximum Gasteiger partial charge on any atom is 0.334 e. The third kappa shape index (κ3) is 3.19. The van der Waals surface area contributed by atoms with Gasteiger partial charge in [-0.1, -0.05) is 25.4 Å². The summed E-state index contributed by atoms with van der Waals surface area (Å²) in [5, 5.41) is 0.103. The van der Waals surface area contributed by atoms with Gasteiger partial charge in [-0.15, -0.1) is 0 Å². The SMILES string of the molecule is CCCOc1ccc(-n2c(=O)[nH]c(Cl)c(CC)c2=O)cc1. The van der Waals surface area contributed by atoms with Crippen molar-refractivity contribution in [3.8, 4) is 11.4 Å². The van der Waals surface area contributed by atoms with Gasteiger partial charge in [0.15, 0.2) is 0 Å². The molecule has 0 radical (unpaired) electrons. The van der Waals surface area contributed by atoms with Crippen LogP contribution in [0.4, 0.5) is 0 Å². The summed E-state index contributed by atoms with van der Waals surface area (Å²) in [6.45, 7) is 4.46. The van der Waals surface area contributed by atoms with Crippen LogP contribution in [0.25, 0.3) is 5.69 Å². The molecule has 0 saturated heterocycles. The highest BCUT2D eigenvalue weighted by atomic mass is 35.5. The van der Waals surface area contributed by atoms with Crippen LogP contribution in [0.3, 0.4) is 0 Å². The zero-order valence-corrected chi connectivity index (χ0v) is 12.7. The summed E-state index contributed by atoms with van der Waals surface area (Å²) in [6, 6.07) is 6.82. The van der Waals surface area contributed by atoms with Gasteiger partial charge in [0.05, 0.1) is 17.9 Å². The molecule has 1 aromatic heterocycles. The minimum absolute atomic E-state index is 0.103. The van der Waals surface area contributed by atoms with Crippen molar-refractivity contribution in [3.63, 3.8) is 0 Å². The summed E-state index contributed by atoms with van der Waals surface area (Å²) in [5.41, 5.74) is -0.0723. The van der Waals surface area contributed by atoms with Gasteiger partial charge in [0.1, 0.15) is 10.9 Å². The van der Waals surface area contributed by atoms with Gasteiger partial charge in [0.25, 0.3) is 5.56 Å². The van der Waals surface area contributed by atoms with Crippen molar-refractivity contribution in [3.05, 3.63) is 55.8 Å². The zero-order valence-electron chi connectivity index (χ0n) is 12.0. The van der Waals surface area contributed by atoms with Crippen LogP contribution in [0.15, 0.2) is 33.9 Å². The van der Waals surface area contributed by atoms with Gasteiger partial charge in [-0.25, -0.2) is 9.36 Å². The van der Waals surface area contributed by atoms with E-state index in [4.69, 9.17) is 16.3 Å². The Morgan fingerprint density at radius 3 is 2.43 bits per heavy atom. The summed E-state index contributed by atoms with van der Waals surface area (Å²) >= 11 is 5.89. The van der Waals surface area contributed by atoms with Gasteiger partial charge in [-0.2, -0.15) is 0 Å². The number of aromatic nitrogens is 2. The standard InChI is InChI=1S/C15H17ClN2O3/c1-3-9-21-11-7-5-10(6-8-11)18-14(19)12(4-2)13(16)17-15(18)20/h5-8H,3-4,9H2,1-2H3,(H,17,20). The number of H-pyrrole nitrogens is 1. The molecular formula is C15H17ClN2O3. The first-order valence-corrected chi connectivity index (χ1v) is 7.23. The first kappa shape index (κ1) is 15.4. The summed E-state index contributed by atoms with van der Waals surface area (Å²) in [6.07, 6.45) is 1.37. The van der Waals surface area contributed by atoms with E-state index < -0.39 is 11.2 Å². The van der Waals surface area contributed by atoms with Crippen LogP contribution in [0.5, 0.6) is 5.75 Å². The van der Waals surface area contributed by atoms with Crippen molar-refractivity contribution in [1.82, 2.24) is 9.55 Å². The molecule has 0 aliphatic rings. The fourth-order valence-corrected chi connectivity index (χ4v) is 2.29. The van der Waals surface area contributed by atoms with Crippen LogP contribution in [0, 0.1) is 0 Å². The molecule has 0 aliphatic heterocycles. The molecule has 0 bridgehead atoms. The number of hydrogen-bond donors (Lipinski definition) is 1. The van der Waals surface area contributed by atoms with Gasteiger partial charge >= 0.3 is 5.69 Å². The fraction of sp³-hybridized carbons (Fsp3) is 0.333. The Hall–Kier alpha value is -2.01. The summed E-state index contributed by atoms with van der Waals surface area (Å²) in [7, 11) is 0. The second kappa shape index (κ2) is 6.63. The molecule has 1 N–H and O–H groups in total. The Kier molecular flexibility index (Phi) is 4.85. The Morgan fingerprint density at radius 1 is 1.19 bits per heavy atom. The van der Waals surface area contributed by atoms with Crippen LogP contribution in [-0.4, -0.2) is 16.2 Å². The molecule has 6 heteroatoms. The number of aromatic amines is 1. The molecule has 0 spiro atoms. The molecule has 0 aliphatic carbocycles. The molecule has 2 aromatic rings. The fourth-order valence-electron chi connectivity index (χ4n) is 2.00. The van der Waals surface area contributed by atoms with E-state index >= 15 is 0 Å². The summed E-state index contributed by atoms with van der Waals surface area (Å²) < 4.78 is 6.55.